The van der Waals surface area contributed by atoms with Gasteiger partial charge in [-0.05, 0) is 73.5 Å². The highest BCUT2D eigenvalue weighted by molar-refractivity contribution is 7.20. The molecular formula is C22H24N8O2S. The van der Waals surface area contributed by atoms with Crippen molar-refractivity contribution in [3.05, 3.63) is 28.9 Å². The Morgan fingerprint density at radius 1 is 1.27 bits per heavy atom. The summed E-state index contributed by atoms with van der Waals surface area (Å²) in [6.45, 7) is 1.93. The van der Waals surface area contributed by atoms with E-state index in [9.17, 15) is 4.79 Å². The molecule has 4 fully saturated rings. The van der Waals surface area contributed by atoms with Gasteiger partial charge < -0.3 is 4.74 Å². The average molecular weight is 465 g/mol. The van der Waals surface area contributed by atoms with Crippen LogP contribution in [0.4, 0.5) is 0 Å². The summed E-state index contributed by atoms with van der Waals surface area (Å²) in [7, 11) is 1.40. The number of hydrogen-bond acceptors (Lipinski definition) is 9. The number of thiophene rings is 1. The Morgan fingerprint density at radius 3 is 2.82 bits per heavy atom. The number of aromatic nitrogens is 8. The number of carbonyl (C=O) groups excluding carboxylic acids is 1. The molecule has 170 valence electrons. The number of methoxy groups -OCH3 is 1. The fourth-order valence-electron chi connectivity index (χ4n) is 7.50. The van der Waals surface area contributed by atoms with Crippen LogP contribution in [-0.4, -0.2) is 52.9 Å². The fraction of sp³-hybridized carbons (Fsp3) is 0.591. The van der Waals surface area contributed by atoms with Gasteiger partial charge in [-0.2, -0.15) is 4.80 Å². The highest BCUT2D eigenvalue weighted by atomic mass is 32.1. The van der Waals surface area contributed by atoms with Crippen LogP contribution in [0, 0.1) is 24.2 Å². The highest BCUT2D eigenvalue weighted by Gasteiger charge is 2.59. The van der Waals surface area contributed by atoms with Crippen molar-refractivity contribution in [3.63, 3.8) is 0 Å². The Kier molecular flexibility index (Phi) is 3.88. The Hall–Kier alpha value is -2.95. The van der Waals surface area contributed by atoms with Gasteiger partial charge >= 0.3 is 5.97 Å². The van der Waals surface area contributed by atoms with E-state index in [1.165, 1.54) is 37.7 Å². The molecule has 0 N–H and O–H groups in total. The summed E-state index contributed by atoms with van der Waals surface area (Å²) in [4.78, 5) is 25.0. The minimum Gasteiger partial charge on any atom is -0.465 e. The molecule has 4 aliphatic carbocycles. The van der Waals surface area contributed by atoms with Crippen LogP contribution in [0.25, 0.3) is 15.9 Å². The monoisotopic (exact) mass is 464 g/mol. The third-order valence-electron chi connectivity index (χ3n) is 8.14. The van der Waals surface area contributed by atoms with Gasteiger partial charge in [-0.3, -0.25) is 0 Å². The molecule has 4 aromatic heterocycles. The largest absolute Gasteiger partial charge is 0.465 e. The van der Waals surface area contributed by atoms with E-state index in [-0.39, 0.29) is 16.9 Å². The van der Waals surface area contributed by atoms with Gasteiger partial charge in [0.2, 0.25) is 0 Å². The summed E-state index contributed by atoms with van der Waals surface area (Å²) in [6, 6.07) is 0. The lowest BCUT2D eigenvalue weighted by molar-refractivity contribution is -0.112. The lowest BCUT2D eigenvalue weighted by Crippen LogP contribution is -2.57. The normalized spacial score (nSPS) is 30.5. The van der Waals surface area contributed by atoms with E-state index in [0.29, 0.717) is 16.7 Å². The minimum atomic E-state index is -0.339. The van der Waals surface area contributed by atoms with E-state index in [2.05, 4.69) is 20.4 Å². The van der Waals surface area contributed by atoms with Gasteiger partial charge in [0, 0.05) is 6.42 Å². The third-order valence-corrected chi connectivity index (χ3v) is 9.32. The Bertz CT molecular complexity index is 1390. The lowest BCUT2D eigenvalue weighted by Gasteiger charge is -2.61. The maximum absolute atomic E-state index is 12.2. The summed E-state index contributed by atoms with van der Waals surface area (Å²) in [6.07, 6.45) is 11.2. The van der Waals surface area contributed by atoms with E-state index in [0.717, 1.165) is 52.9 Å². The lowest BCUT2D eigenvalue weighted by atomic mass is 9.46. The third kappa shape index (κ3) is 2.74. The number of aryl methyl sites for hydroxylation is 1. The van der Waals surface area contributed by atoms with Crippen molar-refractivity contribution in [2.75, 3.05) is 7.11 Å². The molecule has 0 amide bonds. The predicted octanol–water partition coefficient (Wildman–Crippen LogP) is 2.96. The maximum atomic E-state index is 12.2. The first-order valence-corrected chi connectivity index (χ1v) is 12.2. The molecule has 0 aliphatic heterocycles. The molecule has 4 aromatic rings. The van der Waals surface area contributed by atoms with Crippen molar-refractivity contribution < 1.29 is 9.53 Å². The number of tetrazole rings is 1. The van der Waals surface area contributed by atoms with Gasteiger partial charge in [-0.1, -0.05) is 0 Å². The van der Waals surface area contributed by atoms with Crippen LogP contribution in [0.2, 0.25) is 0 Å². The van der Waals surface area contributed by atoms with Crippen molar-refractivity contribution in [2.45, 2.75) is 57.4 Å². The highest BCUT2D eigenvalue weighted by Crippen LogP contribution is 2.64. The second-order valence-corrected chi connectivity index (χ2v) is 11.4. The molecule has 33 heavy (non-hydrogen) atoms. The summed E-state index contributed by atoms with van der Waals surface area (Å²) in [5, 5.41) is 18.5. The van der Waals surface area contributed by atoms with Crippen molar-refractivity contribution in [2.24, 2.45) is 17.3 Å². The molecular weight excluding hydrogens is 440 g/mol. The number of carbonyl (C=O) groups is 1. The molecule has 8 rings (SSSR count). The van der Waals surface area contributed by atoms with E-state index in [4.69, 9.17) is 14.8 Å². The molecule has 11 heteroatoms. The first-order chi connectivity index (χ1) is 16.0. The second kappa shape index (κ2) is 6.55. The predicted molar refractivity (Wildman–Crippen MR) is 119 cm³/mol. The van der Waals surface area contributed by atoms with E-state index >= 15 is 0 Å². The van der Waals surface area contributed by atoms with Crippen molar-refractivity contribution >= 4 is 33.2 Å². The zero-order valence-electron chi connectivity index (χ0n) is 18.6. The molecule has 10 nitrogen and oxygen atoms in total. The molecule has 4 aliphatic rings. The summed E-state index contributed by atoms with van der Waals surface area (Å²) < 4.78 is 6.70. The van der Waals surface area contributed by atoms with Crippen molar-refractivity contribution in [3.8, 4) is 0 Å². The van der Waals surface area contributed by atoms with Crippen LogP contribution in [0.5, 0.6) is 0 Å². The van der Waals surface area contributed by atoms with Gasteiger partial charge in [0.15, 0.2) is 17.8 Å². The zero-order valence-corrected chi connectivity index (χ0v) is 19.4. The SMILES string of the molecule is COC(=O)c1sc2ncn3nc(CC45C[C@H]6C[C@H](C4)CC(n4ncnn4)(C6)C5)nc3c2c1C. The summed E-state index contributed by atoms with van der Waals surface area (Å²) >= 11 is 1.34. The number of hydrogen-bond donors (Lipinski definition) is 0. The number of ether oxygens (including phenoxy) is 1. The molecule has 4 saturated carbocycles. The van der Waals surface area contributed by atoms with Crippen molar-refractivity contribution in [1.29, 1.82) is 0 Å². The van der Waals surface area contributed by atoms with Crippen LogP contribution in [0.3, 0.4) is 0 Å². The molecule has 4 bridgehead atoms. The van der Waals surface area contributed by atoms with E-state index in [1.54, 1.807) is 17.2 Å². The van der Waals surface area contributed by atoms with Crippen LogP contribution >= 0.6 is 11.3 Å². The first-order valence-electron chi connectivity index (χ1n) is 11.4. The molecule has 0 saturated heterocycles. The van der Waals surface area contributed by atoms with Gasteiger partial charge in [-0.15, -0.1) is 26.6 Å². The van der Waals surface area contributed by atoms with Crippen LogP contribution in [0.15, 0.2) is 12.7 Å². The number of fused-ring (bicyclic) bond motifs is 3. The molecule has 0 spiro atoms. The topological polar surface area (TPSA) is 113 Å². The first kappa shape index (κ1) is 19.5. The Balaban J connectivity index is 1.28. The second-order valence-electron chi connectivity index (χ2n) is 10.4. The van der Waals surface area contributed by atoms with Gasteiger partial charge in [0.25, 0.3) is 0 Å². The smallest absolute Gasteiger partial charge is 0.348 e. The number of nitrogens with zero attached hydrogens (tertiary/aromatic N) is 8. The summed E-state index contributed by atoms with van der Waals surface area (Å²) in [5.41, 5.74) is 1.76. The van der Waals surface area contributed by atoms with Gasteiger partial charge in [0.05, 0.1) is 18.0 Å². The standard InChI is InChI=1S/C22H24N8O2S/c1-12-16-18-26-15(27-29(18)11-23-19(16)33-17(12)20(31)32-2)8-21-4-13-3-14(5-21)7-22(6-13,9-21)30-25-10-24-28-30/h10-11,13-14H,3-9H2,1-2H3/t13-,14-,21?,22?/m1/s1. The average Bonchev–Trinajstić information content (AvgIpc) is 3.50. The molecule has 0 radical (unpaired) electrons. The quantitative estimate of drug-likeness (QED) is 0.424. The van der Waals surface area contributed by atoms with Crippen LogP contribution < -0.4 is 0 Å². The fourth-order valence-corrected chi connectivity index (χ4v) is 8.56. The minimum absolute atomic E-state index is 0.0199. The van der Waals surface area contributed by atoms with Crippen LogP contribution in [-0.2, 0) is 16.7 Å². The molecule has 0 unspecified atom stereocenters. The van der Waals surface area contributed by atoms with Gasteiger partial charge in [0.1, 0.15) is 16.0 Å². The molecule has 2 atom stereocenters. The van der Waals surface area contributed by atoms with E-state index < -0.39 is 0 Å². The van der Waals surface area contributed by atoms with E-state index in [1.807, 2.05) is 11.7 Å². The number of esters is 1. The molecule has 4 heterocycles. The Labute approximate surface area is 193 Å². The van der Waals surface area contributed by atoms with Gasteiger partial charge in [-0.25, -0.2) is 19.3 Å². The van der Waals surface area contributed by atoms with Crippen LogP contribution in [0.1, 0.15) is 59.6 Å². The Morgan fingerprint density at radius 2 is 2.09 bits per heavy atom. The molecule has 0 aromatic carbocycles. The number of rotatable bonds is 4. The van der Waals surface area contributed by atoms with Crippen molar-refractivity contribution in [1.82, 2.24) is 39.8 Å². The zero-order chi connectivity index (χ0) is 22.4. The summed E-state index contributed by atoms with van der Waals surface area (Å²) in [5.74, 6) is 1.90. The maximum Gasteiger partial charge on any atom is 0.348 e.